The molecule has 2 heterocycles. The Hall–Kier alpha value is -2.00. The number of anilines is 1. The van der Waals surface area contributed by atoms with Crippen LogP contribution in [0.5, 0.6) is 5.75 Å². The van der Waals surface area contributed by atoms with Crippen molar-refractivity contribution >= 4 is 5.69 Å². The van der Waals surface area contributed by atoms with Crippen LogP contribution < -0.4 is 10.1 Å². The molecule has 4 rings (SSSR count). The van der Waals surface area contributed by atoms with E-state index in [1.807, 2.05) is 12.1 Å². The first kappa shape index (κ1) is 12.7. The van der Waals surface area contributed by atoms with Gasteiger partial charge in [0.2, 0.25) is 0 Å². The lowest BCUT2D eigenvalue weighted by Gasteiger charge is -2.36. The van der Waals surface area contributed by atoms with Gasteiger partial charge in [-0.15, -0.1) is 0 Å². The van der Waals surface area contributed by atoms with E-state index in [0.717, 1.165) is 18.8 Å². The van der Waals surface area contributed by atoms with E-state index >= 15 is 0 Å². The Balaban J connectivity index is 1.72. The number of ether oxygens (including phenoxy) is 2. The zero-order chi connectivity index (χ0) is 14.2. The second kappa shape index (κ2) is 5.08. The van der Waals surface area contributed by atoms with Crippen molar-refractivity contribution in [2.24, 2.45) is 5.92 Å². The van der Waals surface area contributed by atoms with Crippen LogP contribution in [0.25, 0.3) is 0 Å². The lowest BCUT2D eigenvalue weighted by molar-refractivity contribution is 0.0829. The van der Waals surface area contributed by atoms with Crippen molar-refractivity contribution in [1.29, 1.82) is 0 Å². The van der Waals surface area contributed by atoms with Crippen molar-refractivity contribution in [2.45, 2.75) is 18.6 Å². The fourth-order valence-corrected chi connectivity index (χ4v) is 3.56. The van der Waals surface area contributed by atoms with E-state index in [9.17, 15) is 0 Å². The Kier molecular flexibility index (Phi) is 3.08. The third-order valence-corrected chi connectivity index (χ3v) is 4.62. The second-order valence-electron chi connectivity index (χ2n) is 5.73. The molecule has 0 amide bonds. The summed E-state index contributed by atoms with van der Waals surface area (Å²) in [5.41, 5.74) is 3.79. The number of rotatable bonds is 2. The number of para-hydroxylation sites is 1. The zero-order valence-electron chi connectivity index (χ0n) is 12.1. The van der Waals surface area contributed by atoms with Crippen LogP contribution in [-0.2, 0) is 4.74 Å². The molecule has 2 aromatic rings. The number of hydrogen-bond donors (Lipinski definition) is 1. The molecular formula is C18H19NO2. The minimum Gasteiger partial charge on any atom is -0.497 e. The van der Waals surface area contributed by atoms with Gasteiger partial charge in [-0.05, 0) is 30.2 Å². The third-order valence-electron chi connectivity index (χ3n) is 4.62. The van der Waals surface area contributed by atoms with Gasteiger partial charge in [0.25, 0.3) is 0 Å². The summed E-state index contributed by atoms with van der Waals surface area (Å²) in [5, 5.41) is 3.70. The Morgan fingerprint density at radius 3 is 2.71 bits per heavy atom. The van der Waals surface area contributed by atoms with Crippen molar-refractivity contribution in [2.75, 3.05) is 19.0 Å². The van der Waals surface area contributed by atoms with Crippen LogP contribution in [0.15, 0.2) is 48.5 Å². The molecular weight excluding hydrogens is 262 g/mol. The van der Waals surface area contributed by atoms with Gasteiger partial charge in [-0.2, -0.15) is 0 Å². The molecule has 0 aliphatic carbocycles. The van der Waals surface area contributed by atoms with Gasteiger partial charge in [0.1, 0.15) is 5.75 Å². The molecule has 1 saturated heterocycles. The van der Waals surface area contributed by atoms with Crippen LogP contribution in [0.2, 0.25) is 0 Å². The minimum absolute atomic E-state index is 0.217. The van der Waals surface area contributed by atoms with Gasteiger partial charge in [0, 0.05) is 23.8 Å². The molecule has 2 aliphatic rings. The third kappa shape index (κ3) is 2.09. The normalized spacial score (nSPS) is 26.6. The van der Waals surface area contributed by atoms with Gasteiger partial charge < -0.3 is 14.8 Å². The molecule has 3 atom stereocenters. The summed E-state index contributed by atoms with van der Waals surface area (Å²) < 4.78 is 11.3. The minimum atomic E-state index is 0.217. The summed E-state index contributed by atoms with van der Waals surface area (Å²) in [6, 6.07) is 17.2. The van der Waals surface area contributed by atoms with E-state index in [-0.39, 0.29) is 6.10 Å². The van der Waals surface area contributed by atoms with E-state index in [2.05, 4.69) is 41.7 Å². The summed E-state index contributed by atoms with van der Waals surface area (Å²) >= 11 is 0. The zero-order valence-corrected chi connectivity index (χ0v) is 12.1. The molecule has 2 aromatic carbocycles. The van der Waals surface area contributed by atoms with Gasteiger partial charge >= 0.3 is 0 Å². The molecule has 3 nitrogen and oxygen atoms in total. The number of methoxy groups -OCH3 is 1. The van der Waals surface area contributed by atoms with Gasteiger partial charge in [0.05, 0.1) is 19.3 Å². The Morgan fingerprint density at radius 2 is 1.90 bits per heavy atom. The quantitative estimate of drug-likeness (QED) is 0.904. The maximum Gasteiger partial charge on any atom is 0.118 e. The van der Waals surface area contributed by atoms with Crippen molar-refractivity contribution in [3.8, 4) is 5.75 Å². The number of hydrogen-bond acceptors (Lipinski definition) is 3. The molecule has 2 unspecified atom stereocenters. The lowest BCUT2D eigenvalue weighted by Crippen LogP contribution is -2.29. The highest BCUT2D eigenvalue weighted by Gasteiger charge is 2.41. The van der Waals surface area contributed by atoms with Crippen LogP contribution >= 0.6 is 0 Å². The predicted octanol–water partition coefficient (Wildman–Crippen LogP) is 3.94. The van der Waals surface area contributed by atoms with E-state index in [4.69, 9.17) is 9.47 Å². The molecule has 0 aromatic heterocycles. The Bertz CT molecular complexity index is 638. The van der Waals surface area contributed by atoms with E-state index in [1.165, 1.54) is 16.8 Å². The van der Waals surface area contributed by atoms with E-state index in [1.54, 1.807) is 7.11 Å². The summed E-state index contributed by atoms with van der Waals surface area (Å²) in [4.78, 5) is 0. The standard InChI is InChI=1S/C18H19NO2/c1-20-13-8-6-12(7-9-13)17-15-10-11-21-18(15)14-4-2-3-5-16(14)19-17/h2-9,15,17-19H,10-11H2,1H3/t15?,17-,18?/m1/s1. The molecule has 0 bridgehead atoms. The molecule has 1 fully saturated rings. The summed E-state index contributed by atoms with van der Waals surface area (Å²) in [6.07, 6.45) is 1.32. The number of nitrogens with one attached hydrogen (secondary N) is 1. The summed E-state index contributed by atoms with van der Waals surface area (Å²) in [6.45, 7) is 0.845. The van der Waals surface area contributed by atoms with Crippen LogP contribution in [0.4, 0.5) is 5.69 Å². The van der Waals surface area contributed by atoms with Crippen molar-refractivity contribution in [1.82, 2.24) is 0 Å². The van der Waals surface area contributed by atoms with Crippen molar-refractivity contribution in [3.63, 3.8) is 0 Å². The average molecular weight is 281 g/mol. The van der Waals surface area contributed by atoms with Crippen LogP contribution in [0, 0.1) is 5.92 Å². The predicted molar refractivity (Wildman–Crippen MR) is 82.6 cm³/mol. The molecule has 2 aliphatic heterocycles. The Labute approximate surface area is 124 Å². The van der Waals surface area contributed by atoms with Gasteiger partial charge in [-0.25, -0.2) is 0 Å². The molecule has 0 saturated carbocycles. The highest BCUT2D eigenvalue weighted by atomic mass is 16.5. The molecule has 1 N–H and O–H groups in total. The fraction of sp³-hybridized carbons (Fsp3) is 0.333. The number of benzene rings is 2. The molecule has 0 radical (unpaired) electrons. The first-order chi connectivity index (χ1) is 10.4. The molecule has 3 heteroatoms. The SMILES string of the molecule is COc1ccc([C@H]2Nc3ccccc3C3OCCC32)cc1. The summed E-state index contributed by atoms with van der Waals surface area (Å²) in [5.74, 6) is 1.39. The molecule has 21 heavy (non-hydrogen) atoms. The van der Waals surface area contributed by atoms with Gasteiger partial charge in [-0.3, -0.25) is 0 Å². The largest absolute Gasteiger partial charge is 0.497 e. The van der Waals surface area contributed by atoms with Crippen molar-refractivity contribution < 1.29 is 9.47 Å². The molecule has 108 valence electrons. The topological polar surface area (TPSA) is 30.5 Å². The first-order valence-corrected chi connectivity index (χ1v) is 7.48. The van der Waals surface area contributed by atoms with Gasteiger partial charge in [-0.1, -0.05) is 30.3 Å². The monoisotopic (exact) mass is 281 g/mol. The van der Waals surface area contributed by atoms with Crippen molar-refractivity contribution in [3.05, 3.63) is 59.7 Å². The fourth-order valence-electron chi connectivity index (χ4n) is 3.56. The highest BCUT2D eigenvalue weighted by molar-refractivity contribution is 5.57. The van der Waals surface area contributed by atoms with E-state index in [0.29, 0.717) is 12.0 Å². The maximum absolute atomic E-state index is 6.02. The van der Waals surface area contributed by atoms with Crippen LogP contribution in [-0.4, -0.2) is 13.7 Å². The first-order valence-electron chi connectivity index (χ1n) is 7.48. The number of fused-ring (bicyclic) bond motifs is 3. The lowest BCUT2D eigenvalue weighted by atomic mass is 9.81. The van der Waals surface area contributed by atoms with Gasteiger partial charge in [0.15, 0.2) is 0 Å². The maximum atomic E-state index is 6.02. The average Bonchev–Trinajstić information content (AvgIpc) is 3.04. The van der Waals surface area contributed by atoms with E-state index < -0.39 is 0 Å². The second-order valence-corrected chi connectivity index (χ2v) is 5.73. The Morgan fingerprint density at radius 1 is 1.10 bits per heavy atom. The molecule has 0 spiro atoms. The smallest absolute Gasteiger partial charge is 0.118 e. The van der Waals surface area contributed by atoms with Crippen LogP contribution in [0.3, 0.4) is 0 Å². The summed E-state index contributed by atoms with van der Waals surface area (Å²) in [7, 11) is 1.70. The highest BCUT2D eigenvalue weighted by Crippen LogP contribution is 2.49. The van der Waals surface area contributed by atoms with Crippen LogP contribution in [0.1, 0.15) is 29.7 Å².